The molecule has 1 aromatic heterocycles. The van der Waals surface area contributed by atoms with E-state index in [1.807, 2.05) is 60.4 Å². The van der Waals surface area contributed by atoms with Crippen molar-refractivity contribution in [1.82, 2.24) is 4.57 Å². The van der Waals surface area contributed by atoms with Gasteiger partial charge in [0, 0.05) is 17.3 Å². The van der Waals surface area contributed by atoms with E-state index in [9.17, 15) is 9.59 Å². The number of nitrogens with zero attached hydrogens (tertiary/aromatic N) is 1. The van der Waals surface area contributed by atoms with Gasteiger partial charge in [0.25, 0.3) is 0 Å². The van der Waals surface area contributed by atoms with Crippen LogP contribution in [0.3, 0.4) is 0 Å². The maximum absolute atomic E-state index is 11.4. The average molecular weight is 307 g/mol. The molecule has 1 heterocycles. The van der Waals surface area contributed by atoms with E-state index >= 15 is 0 Å². The van der Waals surface area contributed by atoms with Crippen LogP contribution in [0.2, 0.25) is 0 Å². The zero-order chi connectivity index (χ0) is 15.5. The number of hydrogen-bond acceptors (Lipinski definition) is 2. The molecule has 3 aromatic rings. The Kier molecular flexibility index (Phi) is 4.04. The third-order valence-electron chi connectivity index (χ3n) is 3.77. The van der Waals surface area contributed by atoms with Crippen LogP contribution >= 0.6 is 9.24 Å². The normalized spacial score (nSPS) is 10.4. The highest BCUT2D eigenvalue weighted by molar-refractivity contribution is 7.15. The summed E-state index contributed by atoms with van der Waals surface area (Å²) >= 11 is 0. The molecule has 3 rings (SSSR count). The van der Waals surface area contributed by atoms with Gasteiger partial charge in [0.15, 0.2) is 11.9 Å². The van der Waals surface area contributed by atoms with Crippen molar-refractivity contribution in [2.24, 2.45) is 0 Å². The predicted octanol–water partition coefficient (Wildman–Crippen LogP) is 1.07. The van der Waals surface area contributed by atoms with E-state index in [4.69, 9.17) is 0 Å². The first-order chi connectivity index (χ1) is 10.8. The fourth-order valence-corrected chi connectivity index (χ4v) is 2.91. The summed E-state index contributed by atoms with van der Waals surface area (Å²) in [6.07, 6.45) is 0.897. The van der Waals surface area contributed by atoms with E-state index < -0.39 is 0 Å². The summed E-state index contributed by atoms with van der Waals surface area (Å²) in [5.41, 5.74) is 2.24. The highest BCUT2D eigenvalue weighted by atomic mass is 31.0. The molecule has 2 aromatic carbocycles. The minimum atomic E-state index is 0.393. The summed E-state index contributed by atoms with van der Waals surface area (Å²) in [4.78, 5) is 22.8. The van der Waals surface area contributed by atoms with E-state index in [0.29, 0.717) is 17.2 Å². The Morgan fingerprint density at radius 3 is 1.77 bits per heavy atom. The molecule has 4 heteroatoms. The first kappa shape index (κ1) is 14.5. The molecular weight excluding hydrogens is 293 g/mol. The number of hydrogen-bond donors (Lipinski definition) is 0. The molecule has 0 spiro atoms. The van der Waals surface area contributed by atoms with Crippen LogP contribution in [-0.4, -0.2) is 16.4 Å². The lowest BCUT2D eigenvalue weighted by Crippen LogP contribution is -2.29. The SMILES string of the molecule is O=C=c1c2ccccc2c(=C=O)n1Cc1ccc(CP)cc1. The van der Waals surface area contributed by atoms with Crippen molar-refractivity contribution in [3.63, 3.8) is 0 Å². The number of fused-ring (bicyclic) bond motifs is 1. The minimum absolute atomic E-state index is 0.393. The second-order valence-electron chi connectivity index (χ2n) is 5.05. The topological polar surface area (TPSA) is 39.1 Å². The summed E-state index contributed by atoms with van der Waals surface area (Å²) in [5.74, 6) is 3.93. The van der Waals surface area contributed by atoms with Crippen LogP contribution in [0.15, 0.2) is 48.5 Å². The summed E-state index contributed by atoms with van der Waals surface area (Å²) in [6, 6.07) is 15.4. The molecule has 0 bridgehead atoms. The van der Waals surface area contributed by atoms with Crippen LogP contribution in [0, 0.1) is 0 Å². The first-order valence-corrected chi connectivity index (χ1v) is 7.75. The molecule has 3 nitrogen and oxygen atoms in total. The fourth-order valence-electron chi connectivity index (χ4n) is 2.64. The molecule has 0 aliphatic heterocycles. The number of rotatable bonds is 3. The summed E-state index contributed by atoms with van der Waals surface area (Å²) in [6.45, 7) is 0.445. The van der Waals surface area contributed by atoms with Gasteiger partial charge in [0.1, 0.15) is 10.7 Å². The lowest BCUT2D eigenvalue weighted by Gasteiger charge is -2.04. The van der Waals surface area contributed by atoms with Gasteiger partial charge in [-0.1, -0.05) is 48.5 Å². The lowest BCUT2D eigenvalue weighted by molar-refractivity contribution is 0.562. The van der Waals surface area contributed by atoms with Crippen LogP contribution in [0.25, 0.3) is 10.8 Å². The molecule has 0 N–H and O–H groups in total. The van der Waals surface area contributed by atoms with Gasteiger partial charge in [-0.15, -0.1) is 9.24 Å². The van der Waals surface area contributed by atoms with Crippen molar-refractivity contribution in [3.05, 3.63) is 70.4 Å². The highest BCUT2D eigenvalue weighted by Gasteiger charge is 2.09. The van der Waals surface area contributed by atoms with Gasteiger partial charge in [-0.25, -0.2) is 9.59 Å². The van der Waals surface area contributed by atoms with Crippen molar-refractivity contribution in [2.45, 2.75) is 12.7 Å². The third-order valence-corrected chi connectivity index (χ3v) is 4.24. The molecule has 0 aliphatic carbocycles. The van der Waals surface area contributed by atoms with E-state index in [-0.39, 0.29) is 0 Å². The van der Waals surface area contributed by atoms with Crippen molar-refractivity contribution in [2.75, 3.05) is 0 Å². The maximum atomic E-state index is 11.4. The summed E-state index contributed by atoms with van der Waals surface area (Å²) in [7, 11) is 2.68. The van der Waals surface area contributed by atoms with E-state index in [1.54, 1.807) is 4.57 Å². The van der Waals surface area contributed by atoms with Crippen LogP contribution < -0.4 is 10.7 Å². The van der Waals surface area contributed by atoms with Gasteiger partial charge in [-0.05, 0) is 17.3 Å². The van der Waals surface area contributed by atoms with Gasteiger partial charge >= 0.3 is 0 Å². The smallest absolute Gasteiger partial charge is 0.151 e. The van der Waals surface area contributed by atoms with Gasteiger partial charge in [-0.3, -0.25) is 0 Å². The van der Waals surface area contributed by atoms with Crippen molar-refractivity contribution >= 4 is 31.9 Å². The lowest BCUT2D eigenvalue weighted by atomic mass is 10.1. The fraction of sp³-hybridized carbons (Fsp3) is 0.111. The summed E-state index contributed by atoms with van der Waals surface area (Å²) in [5, 5.41) is 2.25. The van der Waals surface area contributed by atoms with Crippen LogP contribution in [0.5, 0.6) is 0 Å². The zero-order valence-corrected chi connectivity index (χ0v) is 13.0. The number of carbonyl (C=O) groups excluding carboxylic acids is 2. The molecule has 108 valence electrons. The Morgan fingerprint density at radius 2 is 1.32 bits per heavy atom. The second-order valence-corrected chi connectivity index (χ2v) is 5.46. The van der Waals surface area contributed by atoms with Gasteiger partial charge in [-0.2, -0.15) is 0 Å². The van der Waals surface area contributed by atoms with E-state index in [2.05, 4.69) is 9.24 Å². The second kappa shape index (κ2) is 6.13. The van der Waals surface area contributed by atoms with E-state index in [1.165, 1.54) is 5.56 Å². The largest absolute Gasteiger partial charge is 0.318 e. The molecule has 0 amide bonds. The Morgan fingerprint density at radius 1 is 0.818 bits per heavy atom. The van der Waals surface area contributed by atoms with Crippen molar-refractivity contribution in [3.8, 4) is 0 Å². The van der Waals surface area contributed by atoms with Gasteiger partial charge < -0.3 is 4.57 Å². The van der Waals surface area contributed by atoms with E-state index in [0.717, 1.165) is 22.5 Å². The molecular formula is C18H14NO2P. The number of aromatic nitrogens is 1. The molecule has 0 radical (unpaired) electrons. The van der Waals surface area contributed by atoms with Crippen LogP contribution in [0.1, 0.15) is 11.1 Å². The molecule has 0 saturated heterocycles. The molecule has 1 atom stereocenters. The van der Waals surface area contributed by atoms with Gasteiger partial charge in [0.05, 0.1) is 0 Å². The van der Waals surface area contributed by atoms with Crippen molar-refractivity contribution in [1.29, 1.82) is 0 Å². The highest BCUT2D eigenvalue weighted by Crippen LogP contribution is 2.10. The minimum Gasteiger partial charge on any atom is -0.318 e. The van der Waals surface area contributed by atoms with Crippen LogP contribution in [-0.2, 0) is 22.3 Å². The molecule has 0 saturated carbocycles. The van der Waals surface area contributed by atoms with Gasteiger partial charge in [0.2, 0.25) is 0 Å². The first-order valence-electron chi connectivity index (χ1n) is 6.94. The van der Waals surface area contributed by atoms with Crippen molar-refractivity contribution < 1.29 is 9.59 Å². The average Bonchev–Trinajstić information content (AvgIpc) is 2.87. The molecule has 0 fully saturated rings. The molecule has 1 unspecified atom stereocenters. The summed E-state index contributed by atoms with van der Waals surface area (Å²) < 4.78 is 1.68. The monoisotopic (exact) mass is 307 g/mol. The third kappa shape index (κ3) is 2.43. The maximum Gasteiger partial charge on any atom is 0.151 e. The Hall–Kier alpha value is -2.43. The number of benzene rings is 2. The zero-order valence-electron chi connectivity index (χ0n) is 11.9. The predicted molar refractivity (Wildman–Crippen MR) is 89.7 cm³/mol. The Labute approximate surface area is 129 Å². The molecule has 0 aliphatic rings. The van der Waals surface area contributed by atoms with Crippen LogP contribution in [0.4, 0.5) is 0 Å². The Bertz CT molecular complexity index is 935. The Balaban J connectivity index is 2.22. The standard InChI is InChI=1S/C18H14NO2P/c20-10-17-15-3-1-2-4-16(15)18(11-21)19(17)9-13-5-7-14(12-22)8-6-13/h1-8H,9,12,22H2. The molecule has 22 heavy (non-hydrogen) atoms. The quantitative estimate of drug-likeness (QED) is 0.679.